The van der Waals surface area contributed by atoms with Gasteiger partial charge in [0.1, 0.15) is 10.4 Å². The Morgan fingerprint density at radius 1 is 1.42 bits per heavy atom. The fourth-order valence-corrected chi connectivity index (χ4v) is 3.73. The highest BCUT2D eigenvalue weighted by Gasteiger charge is 2.25. The second-order valence-electron chi connectivity index (χ2n) is 3.69. The van der Waals surface area contributed by atoms with Crippen LogP contribution in [0.1, 0.15) is 40.3 Å². The summed E-state index contributed by atoms with van der Waals surface area (Å²) in [5, 5.41) is 2.76. The summed E-state index contributed by atoms with van der Waals surface area (Å²) in [5.41, 5.74) is 6.44. The second-order valence-corrected chi connectivity index (χ2v) is 6.24. The molecule has 0 bridgehead atoms. The van der Waals surface area contributed by atoms with Crippen LogP contribution in [0.15, 0.2) is 4.21 Å². The number of thiophene rings is 1. The van der Waals surface area contributed by atoms with E-state index in [1.165, 1.54) is 30.2 Å². The van der Waals surface area contributed by atoms with Gasteiger partial charge in [-0.05, 0) is 12.2 Å². The number of thioether (sulfide) groups is 1. The van der Waals surface area contributed by atoms with Crippen molar-refractivity contribution in [2.75, 3.05) is 25.1 Å². The molecule has 0 aliphatic carbocycles. The average molecular weight is 302 g/mol. The van der Waals surface area contributed by atoms with Gasteiger partial charge in [0.25, 0.3) is 5.91 Å². The molecule has 1 heterocycles. The summed E-state index contributed by atoms with van der Waals surface area (Å²) in [5.74, 6) is 0.0525. The van der Waals surface area contributed by atoms with Gasteiger partial charge in [0, 0.05) is 6.54 Å². The van der Waals surface area contributed by atoms with Crippen LogP contribution in [0.4, 0.5) is 5.69 Å². The van der Waals surface area contributed by atoms with E-state index in [1.807, 2.05) is 13.8 Å². The largest absolute Gasteiger partial charge is 0.465 e. The molecule has 106 valence electrons. The summed E-state index contributed by atoms with van der Waals surface area (Å²) >= 11 is 2.72. The van der Waals surface area contributed by atoms with Gasteiger partial charge in [-0.3, -0.25) is 4.79 Å². The van der Waals surface area contributed by atoms with Gasteiger partial charge in [-0.2, -0.15) is 0 Å². The number of esters is 1. The molecule has 5 nitrogen and oxygen atoms in total. The number of hydrogen-bond acceptors (Lipinski definition) is 6. The Bertz CT molecular complexity index is 472. The van der Waals surface area contributed by atoms with Crippen molar-refractivity contribution in [1.82, 2.24) is 5.32 Å². The van der Waals surface area contributed by atoms with Gasteiger partial charge >= 0.3 is 5.97 Å². The molecule has 0 spiro atoms. The molecule has 0 radical (unpaired) electrons. The molecular formula is C12H18N2O3S2. The Kier molecular flexibility index (Phi) is 6.17. The maximum Gasteiger partial charge on any atom is 0.342 e. The number of carbonyl (C=O) groups is 2. The number of anilines is 1. The minimum Gasteiger partial charge on any atom is -0.465 e. The smallest absolute Gasteiger partial charge is 0.342 e. The number of carbonyl (C=O) groups excluding carboxylic acids is 2. The molecule has 3 N–H and O–H groups in total. The van der Waals surface area contributed by atoms with E-state index in [9.17, 15) is 9.59 Å². The van der Waals surface area contributed by atoms with Crippen molar-refractivity contribution in [1.29, 1.82) is 0 Å². The summed E-state index contributed by atoms with van der Waals surface area (Å²) in [6, 6.07) is 0. The summed E-state index contributed by atoms with van der Waals surface area (Å²) in [6.45, 7) is 4.52. The summed E-state index contributed by atoms with van der Waals surface area (Å²) in [7, 11) is 1.30. The van der Waals surface area contributed by atoms with E-state index in [2.05, 4.69) is 5.32 Å². The Hall–Kier alpha value is -1.21. The Morgan fingerprint density at radius 3 is 2.63 bits per heavy atom. The van der Waals surface area contributed by atoms with Gasteiger partial charge < -0.3 is 15.8 Å². The molecule has 0 aromatic carbocycles. The average Bonchev–Trinajstić information content (AvgIpc) is 2.72. The molecule has 0 saturated carbocycles. The van der Waals surface area contributed by atoms with Crippen molar-refractivity contribution in [2.45, 2.75) is 24.5 Å². The van der Waals surface area contributed by atoms with E-state index in [0.29, 0.717) is 17.0 Å². The highest BCUT2D eigenvalue weighted by Crippen LogP contribution is 2.38. The normalized spacial score (nSPS) is 10.3. The first-order chi connectivity index (χ1) is 9.06. The lowest BCUT2D eigenvalue weighted by Crippen LogP contribution is -2.24. The van der Waals surface area contributed by atoms with Crippen LogP contribution in [-0.4, -0.2) is 31.3 Å². The molecule has 7 heteroatoms. The SMILES string of the molecule is CCCNC(=O)c1sc(SCC)c(C(=O)OC)c1N. The van der Waals surface area contributed by atoms with Crippen LogP contribution in [0.2, 0.25) is 0 Å². The fourth-order valence-electron chi connectivity index (χ4n) is 1.44. The molecule has 1 aromatic heterocycles. The van der Waals surface area contributed by atoms with Crippen molar-refractivity contribution >= 4 is 40.7 Å². The zero-order valence-corrected chi connectivity index (χ0v) is 12.9. The predicted molar refractivity (Wildman–Crippen MR) is 79.1 cm³/mol. The highest BCUT2D eigenvalue weighted by atomic mass is 32.2. The number of ether oxygens (including phenoxy) is 1. The van der Waals surface area contributed by atoms with E-state index in [-0.39, 0.29) is 11.6 Å². The number of amides is 1. The molecule has 1 aromatic rings. The number of nitrogens with two attached hydrogens (primary N) is 1. The van der Waals surface area contributed by atoms with Gasteiger partial charge in [-0.25, -0.2) is 4.79 Å². The van der Waals surface area contributed by atoms with Crippen LogP contribution < -0.4 is 11.1 Å². The van der Waals surface area contributed by atoms with Gasteiger partial charge in [0.2, 0.25) is 0 Å². The lowest BCUT2D eigenvalue weighted by atomic mass is 10.2. The number of nitrogens with one attached hydrogen (secondary N) is 1. The zero-order valence-electron chi connectivity index (χ0n) is 11.2. The molecule has 19 heavy (non-hydrogen) atoms. The predicted octanol–water partition coefficient (Wildman–Crippen LogP) is 2.37. The first kappa shape index (κ1) is 15.8. The van der Waals surface area contributed by atoms with E-state index in [1.54, 1.807) is 0 Å². The van der Waals surface area contributed by atoms with Crippen LogP contribution in [-0.2, 0) is 4.74 Å². The van der Waals surface area contributed by atoms with Crippen molar-refractivity contribution in [3.8, 4) is 0 Å². The van der Waals surface area contributed by atoms with Gasteiger partial charge in [0.15, 0.2) is 0 Å². The quantitative estimate of drug-likeness (QED) is 0.623. The molecule has 0 fully saturated rings. The molecule has 0 aliphatic rings. The maximum absolute atomic E-state index is 12.0. The first-order valence-electron chi connectivity index (χ1n) is 5.98. The minimum atomic E-state index is -0.501. The number of hydrogen-bond donors (Lipinski definition) is 2. The third kappa shape index (κ3) is 3.63. The standard InChI is InChI=1S/C12H18N2O3S2/c1-4-6-14-10(15)9-8(13)7(11(16)17-3)12(19-9)18-5-2/h4-6,13H2,1-3H3,(H,14,15). The molecule has 0 atom stereocenters. The van der Waals surface area contributed by atoms with Crippen LogP contribution in [0, 0.1) is 0 Å². The van der Waals surface area contributed by atoms with Crippen LogP contribution in [0.25, 0.3) is 0 Å². The van der Waals surface area contributed by atoms with Gasteiger partial charge in [0.05, 0.1) is 17.0 Å². The summed E-state index contributed by atoms with van der Waals surface area (Å²) in [6.07, 6.45) is 0.845. The van der Waals surface area contributed by atoms with E-state index >= 15 is 0 Å². The van der Waals surface area contributed by atoms with Crippen molar-refractivity contribution in [3.63, 3.8) is 0 Å². The van der Waals surface area contributed by atoms with Gasteiger partial charge in [-0.1, -0.05) is 13.8 Å². The lowest BCUT2D eigenvalue weighted by molar-refractivity contribution is 0.0599. The Balaban J connectivity index is 3.13. The van der Waals surface area contributed by atoms with Crippen LogP contribution in [0.3, 0.4) is 0 Å². The third-order valence-corrected chi connectivity index (χ3v) is 4.68. The third-order valence-electron chi connectivity index (χ3n) is 2.32. The lowest BCUT2D eigenvalue weighted by Gasteiger charge is -2.03. The Labute approximate surface area is 120 Å². The maximum atomic E-state index is 12.0. The van der Waals surface area contributed by atoms with E-state index in [0.717, 1.165) is 16.4 Å². The summed E-state index contributed by atoms with van der Waals surface area (Å²) in [4.78, 5) is 24.1. The molecule has 1 amide bonds. The molecule has 0 saturated heterocycles. The van der Waals surface area contributed by atoms with Crippen molar-refractivity contribution in [3.05, 3.63) is 10.4 Å². The minimum absolute atomic E-state index is 0.210. The van der Waals surface area contributed by atoms with Gasteiger partial charge in [-0.15, -0.1) is 23.1 Å². The molecular weight excluding hydrogens is 284 g/mol. The first-order valence-corrected chi connectivity index (χ1v) is 7.78. The summed E-state index contributed by atoms with van der Waals surface area (Å²) < 4.78 is 5.45. The van der Waals surface area contributed by atoms with E-state index < -0.39 is 5.97 Å². The Morgan fingerprint density at radius 2 is 2.11 bits per heavy atom. The van der Waals surface area contributed by atoms with Crippen molar-refractivity contribution < 1.29 is 14.3 Å². The topological polar surface area (TPSA) is 81.4 Å². The molecule has 1 rings (SSSR count). The number of methoxy groups -OCH3 is 1. The fraction of sp³-hybridized carbons (Fsp3) is 0.500. The molecule has 0 unspecified atom stereocenters. The van der Waals surface area contributed by atoms with Crippen LogP contribution in [0.5, 0.6) is 0 Å². The van der Waals surface area contributed by atoms with Crippen molar-refractivity contribution in [2.24, 2.45) is 0 Å². The number of rotatable bonds is 6. The highest BCUT2D eigenvalue weighted by molar-refractivity contribution is 8.01. The second kappa shape index (κ2) is 7.40. The number of nitrogen functional groups attached to an aromatic ring is 1. The van der Waals surface area contributed by atoms with E-state index in [4.69, 9.17) is 10.5 Å². The monoisotopic (exact) mass is 302 g/mol. The zero-order chi connectivity index (χ0) is 14.4. The van der Waals surface area contributed by atoms with Crippen LogP contribution >= 0.6 is 23.1 Å². The molecule has 0 aliphatic heterocycles.